The first-order chi connectivity index (χ1) is 14.9. The van der Waals surface area contributed by atoms with Gasteiger partial charge in [0, 0.05) is 31.6 Å². The highest BCUT2D eigenvalue weighted by molar-refractivity contribution is 7.88. The van der Waals surface area contributed by atoms with Gasteiger partial charge in [-0.25, -0.2) is 17.9 Å². The third-order valence-corrected chi connectivity index (χ3v) is 6.57. The number of hydrogen-bond acceptors (Lipinski definition) is 3. The predicted molar refractivity (Wildman–Crippen MR) is 125 cm³/mol. The maximum Gasteiger partial charge on any atom is 0.317 e. The molecule has 1 heterocycles. The van der Waals surface area contributed by atoms with E-state index in [9.17, 15) is 13.2 Å². The molecule has 0 saturated carbocycles. The molecule has 0 aliphatic carbocycles. The summed E-state index contributed by atoms with van der Waals surface area (Å²) in [5.41, 5.74) is 2.48. The molecule has 168 valence electrons. The number of nitrogens with one attached hydrogen (secondary N) is 2. The average Bonchev–Trinajstić information content (AvgIpc) is 2.77. The molecule has 0 bridgehead atoms. The molecule has 1 fully saturated rings. The Morgan fingerprint density at radius 3 is 2.19 bits per heavy atom. The van der Waals surface area contributed by atoms with Gasteiger partial charge in [0.05, 0.1) is 6.26 Å². The van der Waals surface area contributed by atoms with Crippen molar-refractivity contribution in [2.24, 2.45) is 0 Å². The Morgan fingerprint density at radius 1 is 1.00 bits per heavy atom. The molecule has 0 aromatic heterocycles. The zero-order valence-corrected chi connectivity index (χ0v) is 19.0. The fourth-order valence-electron chi connectivity index (χ4n) is 4.30. The molecule has 31 heavy (non-hydrogen) atoms. The SMILES string of the molecule is CS(=O)(=O)NCCC1CCCCN1C(=O)NCCC(c1ccccc1)c1ccccc1. The Balaban J connectivity index is 1.57. The molecule has 6 nitrogen and oxygen atoms in total. The molecule has 2 N–H and O–H groups in total. The maximum absolute atomic E-state index is 12.9. The summed E-state index contributed by atoms with van der Waals surface area (Å²) in [7, 11) is -3.21. The lowest BCUT2D eigenvalue weighted by molar-refractivity contribution is 0.147. The van der Waals surface area contributed by atoms with Gasteiger partial charge in [0.1, 0.15) is 0 Å². The van der Waals surface area contributed by atoms with E-state index in [1.165, 1.54) is 11.1 Å². The molecule has 2 amide bonds. The van der Waals surface area contributed by atoms with E-state index in [0.29, 0.717) is 19.5 Å². The highest BCUT2D eigenvalue weighted by atomic mass is 32.2. The average molecular weight is 444 g/mol. The Morgan fingerprint density at radius 2 is 1.61 bits per heavy atom. The number of nitrogens with zero attached hydrogens (tertiary/aromatic N) is 1. The maximum atomic E-state index is 12.9. The van der Waals surface area contributed by atoms with Crippen molar-refractivity contribution in [3.63, 3.8) is 0 Å². The van der Waals surface area contributed by atoms with Crippen LogP contribution in [0, 0.1) is 0 Å². The number of likely N-dealkylation sites (tertiary alicyclic amines) is 1. The van der Waals surface area contributed by atoms with Crippen molar-refractivity contribution in [3.05, 3.63) is 71.8 Å². The fourth-order valence-corrected chi connectivity index (χ4v) is 4.79. The first kappa shape index (κ1) is 23.3. The number of carbonyl (C=O) groups excluding carboxylic acids is 1. The number of amides is 2. The standard InChI is InChI=1S/C24H33N3O3S/c1-31(29,30)26-18-15-22-14-8-9-19-27(22)24(28)25-17-16-23(20-10-4-2-5-11-20)21-12-6-3-7-13-21/h2-7,10-13,22-23,26H,8-9,14-19H2,1H3,(H,25,28). The van der Waals surface area contributed by atoms with Crippen molar-refractivity contribution in [2.75, 3.05) is 25.9 Å². The third-order valence-electron chi connectivity index (χ3n) is 5.84. The second kappa shape index (κ2) is 11.3. The number of urea groups is 1. The topological polar surface area (TPSA) is 78.5 Å². The van der Waals surface area contributed by atoms with Gasteiger partial charge in [-0.1, -0.05) is 60.7 Å². The molecular formula is C24H33N3O3S. The molecule has 1 aliphatic rings. The van der Waals surface area contributed by atoms with Crippen LogP contribution in [-0.2, 0) is 10.0 Å². The van der Waals surface area contributed by atoms with Crippen LogP contribution in [0.5, 0.6) is 0 Å². The van der Waals surface area contributed by atoms with E-state index in [4.69, 9.17) is 0 Å². The molecule has 1 atom stereocenters. The van der Waals surface area contributed by atoms with Crippen LogP contribution in [0.2, 0.25) is 0 Å². The van der Waals surface area contributed by atoms with Crippen LogP contribution in [0.1, 0.15) is 49.1 Å². The largest absolute Gasteiger partial charge is 0.338 e. The summed E-state index contributed by atoms with van der Waals surface area (Å²) in [6.07, 6.45) is 5.58. The van der Waals surface area contributed by atoms with Crippen molar-refractivity contribution in [1.82, 2.24) is 14.9 Å². The minimum absolute atomic E-state index is 0.0519. The van der Waals surface area contributed by atoms with Gasteiger partial charge < -0.3 is 10.2 Å². The molecule has 1 saturated heterocycles. The summed E-state index contributed by atoms with van der Waals surface area (Å²) in [5.74, 6) is 0.221. The van der Waals surface area contributed by atoms with E-state index in [2.05, 4.69) is 34.3 Å². The van der Waals surface area contributed by atoms with Crippen LogP contribution in [0.3, 0.4) is 0 Å². The van der Waals surface area contributed by atoms with Crippen LogP contribution in [-0.4, -0.2) is 51.3 Å². The van der Waals surface area contributed by atoms with E-state index < -0.39 is 10.0 Å². The summed E-state index contributed by atoms with van der Waals surface area (Å²) in [6, 6.07) is 20.8. The minimum atomic E-state index is -3.21. The first-order valence-corrected chi connectivity index (χ1v) is 12.9. The van der Waals surface area contributed by atoms with Gasteiger partial charge in [0.15, 0.2) is 0 Å². The Bertz CT molecular complexity index is 880. The van der Waals surface area contributed by atoms with Gasteiger partial charge in [-0.3, -0.25) is 0 Å². The van der Waals surface area contributed by atoms with Crippen LogP contribution in [0.4, 0.5) is 4.79 Å². The Hall–Kier alpha value is -2.38. The van der Waals surface area contributed by atoms with E-state index in [0.717, 1.165) is 38.5 Å². The predicted octanol–water partition coefficient (Wildman–Crippen LogP) is 3.71. The second-order valence-electron chi connectivity index (χ2n) is 8.19. The molecule has 0 spiro atoms. The van der Waals surface area contributed by atoms with Crippen LogP contribution in [0.15, 0.2) is 60.7 Å². The van der Waals surface area contributed by atoms with Crippen molar-refractivity contribution in [1.29, 1.82) is 0 Å². The van der Waals surface area contributed by atoms with E-state index >= 15 is 0 Å². The summed E-state index contributed by atoms with van der Waals surface area (Å²) in [6.45, 7) is 1.66. The van der Waals surface area contributed by atoms with Crippen LogP contribution < -0.4 is 10.0 Å². The van der Waals surface area contributed by atoms with Gasteiger partial charge in [-0.15, -0.1) is 0 Å². The van der Waals surface area contributed by atoms with Gasteiger partial charge in [0.25, 0.3) is 0 Å². The smallest absolute Gasteiger partial charge is 0.317 e. The Labute approximate surface area is 186 Å². The summed E-state index contributed by atoms with van der Waals surface area (Å²) < 4.78 is 25.2. The lowest BCUT2D eigenvalue weighted by atomic mass is 9.88. The van der Waals surface area contributed by atoms with Gasteiger partial charge in [0.2, 0.25) is 10.0 Å². The summed E-state index contributed by atoms with van der Waals surface area (Å²) in [4.78, 5) is 14.8. The van der Waals surface area contributed by atoms with Gasteiger partial charge in [-0.2, -0.15) is 0 Å². The second-order valence-corrected chi connectivity index (χ2v) is 10.0. The third kappa shape index (κ3) is 7.36. The fraction of sp³-hybridized carbons (Fsp3) is 0.458. The zero-order chi connectivity index (χ0) is 22.1. The number of rotatable bonds is 9. The van der Waals surface area contributed by atoms with E-state index in [1.54, 1.807) is 0 Å². The van der Waals surface area contributed by atoms with Gasteiger partial charge in [-0.05, 0) is 43.2 Å². The van der Waals surface area contributed by atoms with Crippen LogP contribution in [0.25, 0.3) is 0 Å². The molecule has 2 aromatic carbocycles. The molecule has 2 aromatic rings. The van der Waals surface area contributed by atoms with Gasteiger partial charge >= 0.3 is 6.03 Å². The van der Waals surface area contributed by atoms with Crippen molar-refractivity contribution >= 4 is 16.1 Å². The first-order valence-electron chi connectivity index (χ1n) is 11.0. The number of sulfonamides is 1. The molecule has 0 radical (unpaired) electrons. The highest BCUT2D eigenvalue weighted by Gasteiger charge is 2.26. The van der Waals surface area contributed by atoms with E-state index in [-0.39, 0.29) is 18.0 Å². The molecule has 7 heteroatoms. The lowest BCUT2D eigenvalue weighted by Crippen LogP contribution is -2.49. The van der Waals surface area contributed by atoms with Crippen molar-refractivity contribution < 1.29 is 13.2 Å². The van der Waals surface area contributed by atoms with Crippen molar-refractivity contribution in [3.8, 4) is 0 Å². The Kier molecular flexibility index (Phi) is 8.49. The molecular weight excluding hydrogens is 410 g/mol. The minimum Gasteiger partial charge on any atom is -0.338 e. The molecule has 3 rings (SSSR count). The monoisotopic (exact) mass is 443 g/mol. The summed E-state index contributed by atoms with van der Waals surface area (Å²) >= 11 is 0. The molecule has 1 aliphatic heterocycles. The number of carbonyl (C=O) groups is 1. The number of hydrogen-bond donors (Lipinski definition) is 2. The zero-order valence-electron chi connectivity index (χ0n) is 18.2. The normalized spacial score (nSPS) is 17.0. The van der Waals surface area contributed by atoms with E-state index in [1.807, 2.05) is 41.3 Å². The lowest BCUT2D eigenvalue weighted by Gasteiger charge is -2.36. The molecule has 1 unspecified atom stereocenters. The number of piperidine rings is 1. The van der Waals surface area contributed by atoms with Crippen LogP contribution >= 0.6 is 0 Å². The highest BCUT2D eigenvalue weighted by Crippen LogP contribution is 2.27. The quantitative estimate of drug-likeness (QED) is 0.620. The van der Waals surface area contributed by atoms with Crippen molar-refractivity contribution in [2.45, 2.75) is 44.1 Å². The summed E-state index contributed by atoms with van der Waals surface area (Å²) in [5, 5.41) is 3.11. The number of benzene rings is 2.